The van der Waals surface area contributed by atoms with E-state index in [0.29, 0.717) is 11.8 Å². The molecule has 0 spiro atoms. The van der Waals surface area contributed by atoms with E-state index in [1.54, 1.807) is 0 Å². The molecule has 1 unspecified atom stereocenters. The summed E-state index contributed by atoms with van der Waals surface area (Å²) in [5.41, 5.74) is 13.2. The Morgan fingerprint density at radius 1 is 0.628 bits per heavy atom. The van der Waals surface area contributed by atoms with E-state index in [4.69, 9.17) is 17.0 Å². The molecule has 2 aliphatic rings. The standard InChI is InChI=1S/C27H27.C12H9Si.2ClH.Zr/c1-18(2)22-16-21-14-15-24(20-10-6-5-7-11-20)27(26(21)17-22)25-13-9-8-12-23(25)19(3)4;1-3-7-11-9(5-1)10-6-2-4-8-12(10)13-11;;;/h5-19H,1-4H3;1-7H,13H2;2*1H;/q;;;;+2/p-2. The molecule has 4 heteroatoms. The predicted molar refractivity (Wildman–Crippen MR) is 188 cm³/mol. The molecule has 5 aromatic rings. The van der Waals surface area contributed by atoms with E-state index < -0.39 is 27.4 Å². The van der Waals surface area contributed by atoms with Gasteiger partial charge in [-0.2, -0.15) is 0 Å². The maximum absolute atomic E-state index is 7.95. The Labute approximate surface area is 270 Å². The van der Waals surface area contributed by atoms with Crippen LogP contribution in [0.5, 0.6) is 0 Å². The van der Waals surface area contributed by atoms with E-state index in [0.717, 1.165) is 0 Å². The molecular formula is C39H36Cl2SiZr. The minimum absolute atomic E-state index is 0.0617. The minimum atomic E-state index is -4.07. The van der Waals surface area contributed by atoms with Crippen LogP contribution in [0, 0.1) is 5.92 Å². The fourth-order valence-corrected chi connectivity index (χ4v) is 24.4. The van der Waals surface area contributed by atoms with Gasteiger partial charge in [0.25, 0.3) is 0 Å². The summed E-state index contributed by atoms with van der Waals surface area (Å²) >= 11 is -4.07. The summed E-state index contributed by atoms with van der Waals surface area (Å²) in [6.45, 7) is 9.19. The molecule has 0 radical (unpaired) electrons. The summed E-state index contributed by atoms with van der Waals surface area (Å²) < 4.78 is 1.35. The molecule has 7 rings (SSSR count). The van der Waals surface area contributed by atoms with Crippen molar-refractivity contribution >= 4 is 46.3 Å². The Morgan fingerprint density at radius 2 is 1.30 bits per heavy atom. The van der Waals surface area contributed by atoms with Crippen LogP contribution in [0.3, 0.4) is 0 Å². The average molecular weight is 695 g/mol. The van der Waals surface area contributed by atoms with Crippen LogP contribution in [0.15, 0.2) is 115 Å². The SMILES string of the molecule is CC(C)C1=Cc2c(ccc(-c3ccccc3)c2-c2ccccc2C(C)C)[CH]1[Zr]([Cl])([Cl])[c]1cccc2c1[SiH2]c1ccccc1-2. The molecule has 43 heavy (non-hydrogen) atoms. The van der Waals surface area contributed by atoms with E-state index >= 15 is 0 Å². The molecule has 0 aromatic heterocycles. The van der Waals surface area contributed by atoms with Crippen molar-refractivity contribution in [1.29, 1.82) is 0 Å². The van der Waals surface area contributed by atoms with Gasteiger partial charge in [0.2, 0.25) is 0 Å². The molecule has 1 aliphatic heterocycles. The Bertz CT molecular complexity index is 1890. The van der Waals surface area contributed by atoms with Crippen molar-refractivity contribution in [1.82, 2.24) is 0 Å². The Kier molecular flexibility index (Phi) is 7.80. The number of rotatable bonds is 6. The van der Waals surface area contributed by atoms with E-state index in [2.05, 4.69) is 143 Å². The average Bonchev–Trinajstić information content (AvgIpc) is 3.60. The quantitative estimate of drug-likeness (QED) is 0.153. The van der Waals surface area contributed by atoms with Crippen molar-refractivity contribution < 1.29 is 17.9 Å². The van der Waals surface area contributed by atoms with Crippen molar-refractivity contribution in [2.24, 2.45) is 5.92 Å². The van der Waals surface area contributed by atoms with Crippen LogP contribution >= 0.6 is 17.0 Å². The van der Waals surface area contributed by atoms with Gasteiger partial charge in [-0.1, -0.05) is 0 Å². The van der Waals surface area contributed by atoms with Crippen LogP contribution in [0.25, 0.3) is 39.5 Å². The number of hydrogen-bond acceptors (Lipinski definition) is 0. The Morgan fingerprint density at radius 3 is 2.05 bits per heavy atom. The van der Waals surface area contributed by atoms with Crippen molar-refractivity contribution in [3.63, 3.8) is 0 Å². The van der Waals surface area contributed by atoms with Gasteiger partial charge in [0, 0.05) is 0 Å². The topological polar surface area (TPSA) is 0 Å². The first-order chi connectivity index (χ1) is 20.8. The van der Waals surface area contributed by atoms with E-state index in [1.807, 2.05) is 0 Å². The molecule has 214 valence electrons. The zero-order valence-corrected chi connectivity index (χ0v) is 30.5. The monoisotopic (exact) mass is 692 g/mol. The molecule has 0 fully saturated rings. The molecular weight excluding hydrogens is 659 g/mol. The van der Waals surface area contributed by atoms with Crippen molar-refractivity contribution in [3.05, 3.63) is 131 Å². The van der Waals surface area contributed by atoms with Gasteiger partial charge in [0.15, 0.2) is 0 Å². The summed E-state index contributed by atoms with van der Waals surface area (Å²) in [5.74, 6) is 0.741. The molecule has 0 nitrogen and oxygen atoms in total. The van der Waals surface area contributed by atoms with Gasteiger partial charge in [-0.05, 0) is 0 Å². The Hall–Kier alpha value is -2.48. The van der Waals surface area contributed by atoms with Crippen LogP contribution in [0.4, 0.5) is 0 Å². The number of allylic oxidation sites excluding steroid dienone is 1. The second kappa shape index (κ2) is 11.5. The van der Waals surface area contributed by atoms with Crippen LogP contribution < -0.4 is 13.6 Å². The second-order valence-electron chi connectivity index (χ2n) is 12.6. The van der Waals surface area contributed by atoms with Crippen molar-refractivity contribution in [2.45, 2.75) is 37.2 Å². The summed E-state index contributed by atoms with van der Waals surface area (Å²) in [4.78, 5) is 0. The zero-order chi connectivity index (χ0) is 29.9. The summed E-state index contributed by atoms with van der Waals surface area (Å²) in [6.07, 6.45) is 2.47. The Balaban J connectivity index is 1.47. The molecule has 1 atom stereocenters. The molecule has 0 bridgehead atoms. The van der Waals surface area contributed by atoms with Crippen LogP contribution in [0.2, 0.25) is 0 Å². The van der Waals surface area contributed by atoms with Gasteiger partial charge >= 0.3 is 272 Å². The molecule has 1 aliphatic carbocycles. The zero-order valence-electron chi connectivity index (χ0n) is 25.2. The predicted octanol–water partition coefficient (Wildman–Crippen LogP) is 9.13. The van der Waals surface area contributed by atoms with Crippen molar-refractivity contribution in [3.8, 4) is 33.4 Å². The molecule has 5 aromatic carbocycles. The van der Waals surface area contributed by atoms with Gasteiger partial charge in [0.1, 0.15) is 0 Å². The van der Waals surface area contributed by atoms with E-state index in [9.17, 15) is 0 Å². The van der Waals surface area contributed by atoms with Crippen LogP contribution in [-0.4, -0.2) is 9.52 Å². The normalized spacial score (nSPS) is 16.0. The van der Waals surface area contributed by atoms with Gasteiger partial charge in [-0.3, -0.25) is 0 Å². The fourth-order valence-electron chi connectivity index (χ4n) is 7.38. The maximum atomic E-state index is 7.95. The third-order valence-corrected chi connectivity index (χ3v) is 23.7. The molecule has 0 amide bonds. The second-order valence-corrected chi connectivity index (χ2v) is 28.4. The number of benzene rings is 5. The fraction of sp³-hybridized carbons (Fsp3) is 0.179. The molecule has 0 saturated carbocycles. The van der Waals surface area contributed by atoms with E-state index in [-0.39, 0.29) is 3.63 Å². The van der Waals surface area contributed by atoms with Gasteiger partial charge in [-0.15, -0.1) is 0 Å². The van der Waals surface area contributed by atoms with Crippen molar-refractivity contribution in [2.75, 3.05) is 0 Å². The molecule has 0 saturated heterocycles. The molecule has 0 N–H and O–H groups in total. The summed E-state index contributed by atoms with van der Waals surface area (Å²) in [7, 11) is 15.3. The van der Waals surface area contributed by atoms with Crippen LogP contribution in [0.1, 0.15) is 53.9 Å². The molecule has 1 heterocycles. The van der Waals surface area contributed by atoms with Gasteiger partial charge < -0.3 is 0 Å². The van der Waals surface area contributed by atoms with Gasteiger partial charge in [-0.25, -0.2) is 0 Å². The number of fused-ring (bicyclic) bond motifs is 4. The third kappa shape index (κ3) is 4.90. The summed E-state index contributed by atoms with van der Waals surface area (Å²) in [6, 6.07) is 40.1. The summed E-state index contributed by atoms with van der Waals surface area (Å²) in [5, 5.41) is 2.99. The third-order valence-electron chi connectivity index (χ3n) is 9.41. The number of halogens is 2. The first-order valence-electron chi connectivity index (χ1n) is 15.4. The number of hydrogen-bond donors (Lipinski definition) is 0. The van der Waals surface area contributed by atoms with Gasteiger partial charge in [0.05, 0.1) is 0 Å². The van der Waals surface area contributed by atoms with Crippen LogP contribution in [-0.2, 0) is 17.9 Å². The first-order valence-corrected chi connectivity index (χ1v) is 25.8. The first kappa shape index (κ1) is 29.2. The van der Waals surface area contributed by atoms with E-state index in [1.165, 1.54) is 69.3 Å².